The van der Waals surface area contributed by atoms with Crippen LogP contribution in [0.1, 0.15) is 53.5 Å². The maximum Gasteiger partial charge on any atom is 0.119 e. The van der Waals surface area contributed by atoms with E-state index < -0.39 is 0 Å². The van der Waals surface area contributed by atoms with Crippen LogP contribution < -0.4 is 10.1 Å². The van der Waals surface area contributed by atoms with Gasteiger partial charge in [0.05, 0.1) is 6.61 Å². The smallest absolute Gasteiger partial charge is 0.119 e. The third-order valence-corrected chi connectivity index (χ3v) is 3.42. The summed E-state index contributed by atoms with van der Waals surface area (Å²) < 4.78 is 5.47. The molecule has 0 saturated carbocycles. The van der Waals surface area contributed by atoms with Crippen molar-refractivity contribution >= 4 is 0 Å². The molecule has 1 N–H and O–H groups in total. The molecular weight excluding hydrogens is 246 g/mol. The summed E-state index contributed by atoms with van der Waals surface area (Å²) in [5, 5.41) is 3.60. The standard InChI is InChI=1S/C18H31NO/c1-7-20-16-10-8-15(9-11-16)12-13-18(5,6)14-19-17(2,3)4/h8-11,19H,7,12-14H2,1-6H3. The van der Waals surface area contributed by atoms with Gasteiger partial charge >= 0.3 is 0 Å². The maximum atomic E-state index is 5.47. The lowest BCUT2D eigenvalue weighted by molar-refractivity contribution is 0.273. The van der Waals surface area contributed by atoms with Crippen molar-refractivity contribution in [3.63, 3.8) is 0 Å². The molecule has 0 fully saturated rings. The molecule has 0 aliphatic heterocycles. The molecule has 114 valence electrons. The van der Waals surface area contributed by atoms with Gasteiger partial charge in [0.1, 0.15) is 5.75 Å². The summed E-state index contributed by atoms with van der Waals surface area (Å²) in [4.78, 5) is 0. The molecule has 1 aromatic carbocycles. The predicted octanol–water partition coefficient (Wildman–Crippen LogP) is 4.43. The fraction of sp³-hybridized carbons (Fsp3) is 0.667. The highest BCUT2D eigenvalue weighted by molar-refractivity contribution is 5.27. The Morgan fingerprint density at radius 2 is 1.60 bits per heavy atom. The van der Waals surface area contributed by atoms with Gasteiger partial charge in [0.15, 0.2) is 0 Å². The fourth-order valence-corrected chi connectivity index (χ4v) is 1.99. The fourth-order valence-electron chi connectivity index (χ4n) is 1.99. The number of hydrogen-bond acceptors (Lipinski definition) is 2. The van der Waals surface area contributed by atoms with Crippen LogP contribution in [-0.4, -0.2) is 18.7 Å². The molecule has 20 heavy (non-hydrogen) atoms. The summed E-state index contributed by atoms with van der Waals surface area (Å²) in [6.45, 7) is 15.1. The lowest BCUT2D eigenvalue weighted by Crippen LogP contribution is -2.42. The van der Waals surface area contributed by atoms with Crippen LogP contribution in [0, 0.1) is 5.41 Å². The molecule has 0 amide bonds. The molecule has 0 saturated heterocycles. The van der Waals surface area contributed by atoms with Gasteiger partial charge in [0.2, 0.25) is 0 Å². The SMILES string of the molecule is CCOc1ccc(CCC(C)(C)CNC(C)(C)C)cc1. The first-order valence-electron chi connectivity index (χ1n) is 7.69. The van der Waals surface area contributed by atoms with E-state index in [9.17, 15) is 0 Å². The zero-order valence-corrected chi connectivity index (χ0v) is 14.0. The molecule has 2 heteroatoms. The summed E-state index contributed by atoms with van der Waals surface area (Å²) in [5.41, 5.74) is 1.89. The molecular formula is C18H31NO. The van der Waals surface area contributed by atoms with Crippen LogP contribution >= 0.6 is 0 Å². The van der Waals surface area contributed by atoms with Crippen molar-refractivity contribution in [3.8, 4) is 5.75 Å². The third-order valence-electron chi connectivity index (χ3n) is 3.42. The van der Waals surface area contributed by atoms with Crippen LogP contribution in [0.25, 0.3) is 0 Å². The number of nitrogens with one attached hydrogen (secondary N) is 1. The molecule has 0 radical (unpaired) electrons. The lowest BCUT2D eigenvalue weighted by atomic mass is 9.85. The van der Waals surface area contributed by atoms with Crippen LogP contribution in [-0.2, 0) is 6.42 Å². The minimum absolute atomic E-state index is 0.191. The Balaban J connectivity index is 2.44. The first-order chi connectivity index (χ1) is 9.22. The van der Waals surface area contributed by atoms with Crippen molar-refractivity contribution in [2.45, 2.75) is 59.9 Å². The van der Waals surface area contributed by atoms with Crippen LogP contribution in [0.15, 0.2) is 24.3 Å². The van der Waals surface area contributed by atoms with E-state index in [1.165, 1.54) is 12.0 Å². The van der Waals surface area contributed by atoms with Gasteiger partial charge < -0.3 is 10.1 Å². The monoisotopic (exact) mass is 277 g/mol. The third kappa shape index (κ3) is 6.95. The Labute approximate surface area is 124 Å². The highest BCUT2D eigenvalue weighted by atomic mass is 16.5. The van der Waals surface area contributed by atoms with Crippen molar-refractivity contribution in [1.29, 1.82) is 0 Å². The van der Waals surface area contributed by atoms with E-state index in [2.05, 4.69) is 64.2 Å². The van der Waals surface area contributed by atoms with Crippen LogP contribution in [0.2, 0.25) is 0 Å². The van der Waals surface area contributed by atoms with Crippen molar-refractivity contribution in [2.75, 3.05) is 13.2 Å². The average molecular weight is 277 g/mol. The predicted molar refractivity (Wildman–Crippen MR) is 87.5 cm³/mol. The van der Waals surface area contributed by atoms with E-state index in [0.717, 1.165) is 25.3 Å². The highest BCUT2D eigenvalue weighted by Gasteiger charge is 2.20. The molecule has 2 nitrogen and oxygen atoms in total. The van der Waals surface area contributed by atoms with E-state index in [1.807, 2.05) is 6.92 Å². The van der Waals surface area contributed by atoms with Gasteiger partial charge in [-0.3, -0.25) is 0 Å². The van der Waals surface area contributed by atoms with Gasteiger partial charge in [-0.1, -0.05) is 26.0 Å². The number of aryl methyl sites for hydroxylation is 1. The van der Waals surface area contributed by atoms with Crippen molar-refractivity contribution < 1.29 is 4.74 Å². The van der Waals surface area contributed by atoms with E-state index in [1.54, 1.807) is 0 Å². The molecule has 1 rings (SSSR count). The van der Waals surface area contributed by atoms with Gasteiger partial charge in [-0.15, -0.1) is 0 Å². The zero-order valence-electron chi connectivity index (χ0n) is 14.0. The van der Waals surface area contributed by atoms with Crippen LogP contribution in [0.4, 0.5) is 0 Å². The summed E-state index contributed by atoms with van der Waals surface area (Å²) in [6.07, 6.45) is 2.30. The number of rotatable bonds is 7. The van der Waals surface area contributed by atoms with Crippen molar-refractivity contribution in [2.24, 2.45) is 5.41 Å². The molecule has 0 unspecified atom stereocenters. The minimum Gasteiger partial charge on any atom is -0.494 e. The van der Waals surface area contributed by atoms with Gasteiger partial charge in [-0.25, -0.2) is 0 Å². The van der Waals surface area contributed by atoms with E-state index in [0.29, 0.717) is 5.41 Å². The second-order valence-electron chi connectivity index (χ2n) is 7.34. The average Bonchev–Trinajstić information content (AvgIpc) is 2.36. The Hall–Kier alpha value is -1.02. The number of benzene rings is 1. The maximum absolute atomic E-state index is 5.47. The molecule has 0 spiro atoms. The van der Waals surface area contributed by atoms with Crippen LogP contribution in [0.3, 0.4) is 0 Å². The normalized spacial score (nSPS) is 12.5. The quantitative estimate of drug-likeness (QED) is 0.796. The highest BCUT2D eigenvalue weighted by Crippen LogP contribution is 2.23. The molecule has 0 atom stereocenters. The van der Waals surface area contributed by atoms with Gasteiger partial charge in [0, 0.05) is 12.1 Å². The Morgan fingerprint density at radius 1 is 1.00 bits per heavy atom. The molecule has 1 aromatic rings. The van der Waals surface area contributed by atoms with Crippen molar-refractivity contribution in [1.82, 2.24) is 5.32 Å². The Bertz CT molecular complexity index is 387. The first kappa shape index (κ1) is 17.0. The summed E-state index contributed by atoms with van der Waals surface area (Å²) in [5.74, 6) is 0.963. The van der Waals surface area contributed by atoms with Crippen molar-refractivity contribution in [3.05, 3.63) is 29.8 Å². The number of hydrogen-bond donors (Lipinski definition) is 1. The minimum atomic E-state index is 0.191. The molecule has 0 aliphatic rings. The second-order valence-corrected chi connectivity index (χ2v) is 7.34. The van der Waals surface area contributed by atoms with Gasteiger partial charge in [-0.2, -0.15) is 0 Å². The van der Waals surface area contributed by atoms with E-state index in [4.69, 9.17) is 4.74 Å². The molecule has 0 heterocycles. The van der Waals surface area contributed by atoms with Crippen LogP contribution in [0.5, 0.6) is 5.75 Å². The second kappa shape index (κ2) is 7.12. The zero-order chi connectivity index (χ0) is 15.2. The topological polar surface area (TPSA) is 21.3 Å². The Kier molecular flexibility index (Phi) is 6.07. The molecule has 0 aromatic heterocycles. The summed E-state index contributed by atoms with van der Waals surface area (Å²) in [7, 11) is 0. The van der Waals surface area contributed by atoms with Gasteiger partial charge in [0.25, 0.3) is 0 Å². The molecule has 0 aliphatic carbocycles. The molecule has 0 bridgehead atoms. The largest absolute Gasteiger partial charge is 0.494 e. The first-order valence-corrected chi connectivity index (χ1v) is 7.69. The van der Waals surface area contributed by atoms with Gasteiger partial charge in [-0.05, 0) is 63.6 Å². The summed E-state index contributed by atoms with van der Waals surface area (Å²) in [6, 6.07) is 8.50. The Morgan fingerprint density at radius 3 is 2.10 bits per heavy atom. The van der Waals surface area contributed by atoms with E-state index >= 15 is 0 Å². The summed E-state index contributed by atoms with van der Waals surface area (Å²) >= 11 is 0. The lowest BCUT2D eigenvalue weighted by Gasteiger charge is -2.30. The number of ether oxygens (including phenoxy) is 1. The van der Waals surface area contributed by atoms with E-state index in [-0.39, 0.29) is 5.54 Å².